The maximum absolute atomic E-state index is 11.0. The van der Waals surface area contributed by atoms with Gasteiger partial charge < -0.3 is 4.90 Å². The van der Waals surface area contributed by atoms with Gasteiger partial charge in [-0.2, -0.15) is 5.21 Å². The number of likely N-dealkylation sites (N-methyl/N-ethyl adjacent to an activating group) is 1. The van der Waals surface area contributed by atoms with Gasteiger partial charge in [-0.1, -0.05) is 23.7 Å². The Morgan fingerprint density at radius 1 is 1.60 bits per heavy atom. The highest BCUT2D eigenvalue weighted by Crippen LogP contribution is 2.28. The molecule has 1 N–H and O–H groups in total. The van der Waals surface area contributed by atoms with Crippen molar-refractivity contribution < 1.29 is 4.92 Å². The molecule has 106 valence electrons. The number of halogens is 1. The minimum atomic E-state index is -0.510. The standard InChI is InChI=1S/C10H12ClN7O2/c1-6(9-13-15-16-14-9)5-17(2)10-8(18(19)20)3-7(11)4-12-10/h3-4,6H,5H2,1-2H3,(H,13,14,15,16)/t6-/m1/s1. The number of nitrogens with zero attached hydrogens (tertiary/aromatic N) is 6. The third-order valence-electron chi connectivity index (χ3n) is 2.72. The van der Waals surface area contributed by atoms with Gasteiger partial charge in [-0.25, -0.2) is 4.98 Å². The van der Waals surface area contributed by atoms with Crippen LogP contribution >= 0.6 is 11.6 Å². The van der Waals surface area contributed by atoms with Crippen LogP contribution in [0.5, 0.6) is 0 Å². The molecule has 0 unspecified atom stereocenters. The first kappa shape index (κ1) is 14.1. The molecule has 2 heterocycles. The third kappa shape index (κ3) is 2.99. The molecule has 0 saturated heterocycles. The van der Waals surface area contributed by atoms with Crippen LogP contribution in [0.25, 0.3) is 0 Å². The summed E-state index contributed by atoms with van der Waals surface area (Å²) in [5, 5.41) is 24.9. The number of aromatic nitrogens is 5. The van der Waals surface area contributed by atoms with Crippen molar-refractivity contribution in [3.63, 3.8) is 0 Å². The molecule has 0 aliphatic rings. The van der Waals surface area contributed by atoms with E-state index >= 15 is 0 Å². The van der Waals surface area contributed by atoms with Gasteiger partial charge in [0.15, 0.2) is 5.82 Å². The molecule has 0 fully saturated rings. The van der Waals surface area contributed by atoms with Gasteiger partial charge in [0.2, 0.25) is 5.82 Å². The summed E-state index contributed by atoms with van der Waals surface area (Å²) < 4.78 is 0. The van der Waals surface area contributed by atoms with E-state index in [1.54, 1.807) is 11.9 Å². The molecule has 0 spiro atoms. The molecule has 0 saturated carbocycles. The normalized spacial score (nSPS) is 12.2. The second kappa shape index (κ2) is 5.78. The number of hydrogen-bond acceptors (Lipinski definition) is 7. The zero-order valence-electron chi connectivity index (χ0n) is 10.8. The Labute approximate surface area is 119 Å². The van der Waals surface area contributed by atoms with Gasteiger partial charge in [0.1, 0.15) is 0 Å². The lowest BCUT2D eigenvalue weighted by atomic mass is 10.1. The van der Waals surface area contributed by atoms with E-state index < -0.39 is 4.92 Å². The number of aromatic amines is 1. The quantitative estimate of drug-likeness (QED) is 0.655. The van der Waals surface area contributed by atoms with E-state index in [9.17, 15) is 10.1 Å². The van der Waals surface area contributed by atoms with Crippen molar-refractivity contribution in [3.8, 4) is 0 Å². The molecular formula is C10H12ClN7O2. The Bertz CT molecular complexity index is 604. The number of rotatable bonds is 5. The summed E-state index contributed by atoms with van der Waals surface area (Å²) in [7, 11) is 1.71. The van der Waals surface area contributed by atoms with Gasteiger partial charge >= 0.3 is 5.69 Å². The molecule has 0 amide bonds. The Balaban J connectivity index is 2.21. The fourth-order valence-electron chi connectivity index (χ4n) is 1.81. The topological polar surface area (TPSA) is 114 Å². The van der Waals surface area contributed by atoms with Crippen molar-refractivity contribution in [2.75, 3.05) is 18.5 Å². The minimum absolute atomic E-state index is 0.0594. The van der Waals surface area contributed by atoms with Crippen LogP contribution in [0, 0.1) is 10.1 Å². The monoisotopic (exact) mass is 297 g/mol. The summed E-state index contributed by atoms with van der Waals surface area (Å²) >= 11 is 5.73. The summed E-state index contributed by atoms with van der Waals surface area (Å²) in [6, 6.07) is 1.28. The van der Waals surface area contributed by atoms with Crippen molar-refractivity contribution >= 4 is 23.1 Å². The molecule has 10 heteroatoms. The second-order valence-corrected chi connectivity index (χ2v) is 4.74. The molecule has 0 bridgehead atoms. The fourth-order valence-corrected chi connectivity index (χ4v) is 1.96. The van der Waals surface area contributed by atoms with E-state index in [4.69, 9.17) is 11.6 Å². The Kier molecular flexibility index (Phi) is 4.08. The summed E-state index contributed by atoms with van der Waals surface area (Å²) in [5.41, 5.74) is -0.139. The van der Waals surface area contributed by atoms with Crippen molar-refractivity contribution in [1.82, 2.24) is 25.6 Å². The van der Waals surface area contributed by atoms with Gasteiger partial charge in [0.25, 0.3) is 0 Å². The molecule has 0 radical (unpaired) electrons. The molecule has 2 aromatic rings. The smallest absolute Gasteiger partial charge is 0.313 e. The average molecular weight is 298 g/mol. The molecule has 20 heavy (non-hydrogen) atoms. The van der Waals surface area contributed by atoms with Crippen LogP contribution in [0.3, 0.4) is 0 Å². The second-order valence-electron chi connectivity index (χ2n) is 4.30. The maximum Gasteiger partial charge on any atom is 0.313 e. The average Bonchev–Trinajstić information content (AvgIpc) is 2.92. The zero-order valence-corrected chi connectivity index (χ0v) is 11.6. The first-order chi connectivity index (χ1) is 9.49. The largest absolute Gasteiger partial charge is 0.353 e. The number of hydrogen-bond donors (Lipinski definition) is 1. The molecule has 0 aliphatic heterocycles. The van der Waals surface area contributed by atoms with E-state index in [1.165, 1.54) is 12.3 Å². The van der Waals surface area contributed by atoms with Crippen molar-refractivity contribution in [3.05, 3.63) is 33.2 Å². The number of H-pyrrole nitrogens is 1. The van der Waals surface area contributed by atoms with E-state index in [0.717, 1.165) is 0 Å². The highest BCUT2D eigenvalue weighted by Gasteiger charge is 2.22. The first-order valence-corrected chi connectivity index (χ1v) is 6.11. The van der Waals surface area contributed by atoms with Crippen LogP contribution in [0.1, 0.15) is 18.7 Å². The number of nitro groups is 1. The van der Waals surface area contributed by atoms with Gasteiger partial charge in [-0.3, -0.25) is 10.1 Å². The molecular weight excluding hydrogens is 286 g/mol. The zero-order chi connectivity index (χ0) is 14.7. The van der Waals surface area contributed by atoms with E-state index in [-0.39, 0.29) is 22.4 Å². The number of tetrazole rings is 1. The Hall–Kier alpha value is -2.29. The van der Waals surface area contributed by atoms with Gasteiger partial charge in [-0.15, -0.1) is 10.2 Å². The molecule has 0 aromatic carbocycles. The summed E-state index contributed by atoms with van der Waals surface area (Å²) in [4.78, 5) is 16.2. The van der Waals surface area contributed by atoms with Crippen LogP contribution in [0.4, 0.5) is 11.5 Å². The molecule has 9 nitrogen and oxygen atoms in total. The highest BCUT2D eigenvalue weighted by atomic mass is 35.5. The van der Waals surface area contributed by atoms with E-state index in [0.29, 0.717) is 12.4 Å². The third-order valence-corrected chi connectivity index (χ3v) is 2.93. The van der Waals surface area contributed by atoms with E-state index in [2.05, 4.69) is 25.6 Å². The summed E-state index contributed by atoms with van der Waals surface area (Å²) in [5.74, 6) is 0.721. The van der Waals surface area contributed by atoms with Gasteiger partial charge in [-0.05, 0) is 0 Å². The minimum Gasteiger partial charge on any atom is -0.353 e. The summed E-state index contributed by atoms with van der Waals surface area (Å²) in [6.45, 7) is 2.35. The summed E-state index contributed by atoms with van der Waals surface area (Å²) in [6.07, 6.45) is 1.37. The predicted molar refractivity (Wildman–Crippen MR) is 71.8 cm³/mol. The van der Waals surface area contributed by atoms with Crippen LogP contribution < -0.4 is 4.90 Å². The van der Waals surface area contributed by atoms with E-state index in [1.807, 2.05) is 6.92 Å². The fraction of sp³-hybridized carbons (Fsp3) is 0.400. The maximum atomic E-state index is 11.0. The SMILES string of the molecule is C[C@H](CN(C)c1ncc(Cl)cc1[N+](=O)[O-])c1nn[nH]n1. The number of pyridine rings is 1. The number of nitrogens with one attached hydrogen (secondary N) is 1. The van der Waals surface area contributed by atoms with Gasteiger partial charge in [0.05, 0.1) is 9.95 Å². The van der Waals surface area contributed by atoms with Crippen LogP contribution in [0.15, 0.2) is 12.3 Å². The van der Waals surface area contributed by atoms with Crippen molar-refractivity contribution in [2.24, 2.45) is 0 Å². The first-order valence-electron chi connectivity index (χ1n) is 5.73. The number of anilines is 1. The van der Waals surface area contributed by atoms with Crippen LogP contribution in [-0.2, 0) is 0 Å². The Morgan fingerprint density at radius 3 is 2.95 bits per heavy atom. The molecule has 0 aliphatic carbocycles. The van der Waals surface area contributed by atoms with Crippen LogP contribution in [0.2, 0.25) is 5.02 Å². The molecule has 2 rings (SSSR count). The lowest BCUT2D eigenvalue weighted by Crippen LogP contribution is -2.25. The lowest BCUT2D eigenvalue weighted by molar-refractivity contribution is -0.384. The van der Waals surface area contributed by atoms with Crippen molar-refractivity contribution in [2.45, 2.75) is 12.8 Å². The lowest BCUT2D eigenvalue weighted by Gasteiger charge is -2.20. The van der Waals surface area contributed by atoms with Gasteiger partial charge in [0, 0.05) is 31.8 Å². The molecule has 2 aromatic heterocycles. The van der Waals surface area contributed by atoms with Crippen LogP contribution in [-0.4, -0.2) is 44.1 Å². The predicted octanol–water partition coefficient (Wildman–Crippen LogP) is 1.40. The Morgan fingerprint density at radius 2 is 2.35 bits per heavy atom. The highest BCUT2D eigenvalue weighted by molar-refractivity contribution is 6.30. The van der Waals surface area contributed by atoms with Crippen molar-refractivity contribution in [1.29, 1.82) is 0 Å². The molecule has 1 atom stereocenters.